The van der Waals surface area contributed by atoms with Gasteiger partial charge >= 0.3 is 5.97 Å². The normalized spacial score (nSPS) is 15.0. The molecule has 1 rings (SSSR count). The molecule has 0 aromatic heterocycles. The highest BCUT2D eigenvalue weighted by Crippen LogP contribution is 2.28. The Morgan fingerprint density at radius 1 is 1.29 bits per heavy atom. The summed E-state index contributed by atoms with van der Waals surface area (Å²) in [6, 6.07) is 0. The molecule has 1 aliphatic carbocycles. The van der Waals surface area contributed by atoms with Crippen molar-refractivity contribution in [1.29, 1.82) is 0 Å². The number of carboxylic acids is 1. The number of amides is 1. The van der Waals surface area contributed by atoms with Gasteiger partial charge in [-0.1, -0.05) is 6.42 Å². The summed E-state index contributed by atoms with van der Waals surface area (Å²) in [6.45, 7) is 2.82. The van der Waals surface area contributed by atoms with Crippen molar-refractivity contribution in [3.63, 3.8) is 0 Å². The summed E-state index contributed by atoms with van der Waals surface area (Å²) in [7, 11) is 3.52. The molecule has 0 bridgehead atoms. The third kappa shape index (κ3) is 6.88. The van der Waals surface area contributed by atoms with Crippen LogP contribution in [0.5, 0.6) is 0 Å². The molecule has 2 N–H and O–H groups in total. The molecule has 122 valence electrons. The minimum Gasteiger partial charge on any atom is -0.480 e. The minimum atomic E-state index is -0.839. The molecule has 1 saturated carbocycles. The molecule has 1 amide bonds. The molecule has 1 fully saturated rings. The second-order valence-electron chi connectivity index (χ2n) is 5.48. The van der Waals surface area contributed by atoms with E-state index in [0.717, 1.165) is 38.8 Å². The Balaban J connectivity index is 2.11. The van der Waals surface area contributed by atoms with Gasteiger partial charge in [-0.25, -0.2) is 5.06 Å². The Labute approximate surface area is 126 Å². The summed E-state index contributed by atoms with van der Waals surface area (Å²) in [5.74, 6) is -0.593. The molecule has 0 saturated heterocycles. The van der Waals surface area contributed by atoms with Crippen LogP contribution in [0.3, 0.4) is 0 Å². The van der Waals surface area contributed by atoms with Gasteiger partial charge in [-0.15, -0.1) is 0 Å². The van der Waals surface area contributed by atoms with Gasteiger partial charge < -0.3 is 15.3 Å². The first-order valence-corrected chi connectivity index (χ1v) is 7.51. The summed E-state index contributed by atoms with van der Waals surface area (Å²) in [6.07, 6.45) is 3.96. The maximum Gasteiger partial charge on any atom is 0.317 e. The van der Waals surface area contributed by atoms with Gasteiger partial charge in [0, 0.05) is 12.5 Å². The third-order valence-electron chi connectivity index (χ3n) is 3.78. The molecule has 0 aliphatic heterocycles. The van der Waals surface area contributed by atoms with E-state index in [1.165, 1.54) is 12.2 Å². The first-order valence-electron chi connectivity index (χ1n) is 7.51. The van der Waals surface area contributed by atoms with Crippen molar-refractivity contribution in [3.05, 3.63) is 0 Å². The van der Waals surface area contributed by atoms with Crippen LogP contribution in [-0.2, 0) is 14.4 Å². The molecule has 0 unspecified atom stereocenters. The topological polar surface area (TPSA) is 82.1 Å². The van der Waals surface area contributed by atoms with Gasteiger partial charge in [-0.05, 0) is 39.4 Å². The Hall–Kier alpha value is -1.18. The van der Waals surface area contributed by atoms with E-state index in [9.17, 15) is 9.59 Å². The maximum atomic E-state index is 12.0. The van der Waals surface area contributed by atoms with Crippen LogP contribution in [0.2, 0.25) is 0 Å². The van der Waals surface area contributed by atoms with Crippen LogP contribution in [0.4, 0.5) is 0 Å². The molecule has 0 radical (unpaired) electrons. The summed E-state index contributed by atoms with van der Waals surface area (Å²) in [4.78, 5) is 29.7. The number of nitrogens with one attached hydrogen (secondary N) is 1. The van der Waals surface area contributed by atoms with Crippen molar-refractivity contribution in [3.8, 4) is 0 Å². The average Bonchev–Trinajstić information content (AvgIpc) is 2.36. The number of hydrogen-bond acceptors (Lipinski definition) is 5. The second-order valence-corrected chi connectivity index (χ2v) is 5.48. The standard InChI is InChI=1S/C14H27N3O4/c1-16(8-4-7-15-11-13(18)19)9-10-17(21-2)14(20)12-5-3-6-12/h12,15H,3-11H2,1-2H3,(H,18,19). The third-order valence-corrected chi connectivity index (χ3v) is 3.78. The van der Waals surface area contributed by atoms with E-state index in [1.807, 2.05) is 7.05 Å². The van der Waals surface area contributed by atoms with Crippen LogP contribution >= 0.6 is 0 Å². The van der Waals surface area contributed by atoms with Crippen LogP contribution in [0.25, 0.3) is 0 Å². The summed E-state index contributed by atoms with van der Waals surface area (Å²) in [5, 5.41) is 12.8. The fourth-order valence-corrected chi connectivity index (χ4v) is 2.19. The quantitative estimate of drug-likeness (QED) is 0.418. The number of carbonyl (C=O) groups excluding carboxylic acids is 1. The van der Waals surface area contributed by atoms with Crippen molar-refractivity contribution in [2.45, 2.75) is 25.7 Å². The molecule has 21 heavy (non-hydrogen) atoms. The first kappa shape index (κ1) is 17.9. The van der Waals surface area contributed by atoms with Gasteiger partial charge in [0.2, 0.25) is 5.91 Å². The lowest BCUT2D eigenvalue weighted by molar-refractivity contribution is -0.184. The number of rotatable bonds is 11. The Morgan fingerprint density at radius 3 is 2.52 bits per heavy atom. The molecule has 0 aromatic rings. The SMILES string of the molecule is CON(CCN(C)CCCNCC(=O)O)C(=O)C1CCC1. The van der Waals surface area contributed by atoms with E-state index in [0.29, 0.717) is 13.1 Å². The second kappa shape index (κ2) is 9.70. The Morgan fingerprint density at radius 2 is 2.00 bits per heavy atom. The smallest absolute Gasteiger partial charge is 0.317 e. The highest BCUT2D eigenvalue weighted by molar-refractivity contribution is 5.78. The monoisotopic (exact) mass is 301 g/mol. The number of hydrogen-bond donors (Lipinski definition) is 2. The molecule has 0 heterocycles. The van der Waals surface area contributed by atoms with Gasteiger partial charge in [0.25, 0.3) is 0 Å². The van der Waals surface area contributed by atoms with E-state index in [1.54, 1.807) is 0 Å². The maximum absolute atomic E-state index is 12.0. The zero-order valence-corrected chi connectivity index (χ0v) is 13.0. The Bertz CT molecular complexity index is 334. The van der Waals surface area contributed by atoms with Gasteiger partial charge in [0.15, 0.2) is 0 Å². The fraction of sp³-hybridized carbons (Fsp3) is 0.857. The molecule has 7 heteroatoms. The van der Waals surface area contributed by atoms with Crippen molar-refractivity contribution in [2.24, 2.45) is 5.92 Å². The lowest BCUT2D eigenvalue weighted by Crippen LogP contribution is -2.42. The number of likely N-dealkylation sites (N-methyl/N-ethyl adjacent to an activating group) is 1. The van der Waals surface area contributed by atoms with E-state index in [4.69, 9.17) is 9.94 Å². The first-order chi connectivity index (χ1) is 10.0. The largest absolute Gasteiger partial charge is 0.480 e. The molecule has 0 aromatic carbocycles. The van der Waals surface area contributed by atoms with Gasteiger partial charge in [0.1, 0.15) is 0 Å². The zero-order chi connectivity index (χ0) is 15.7. The number of nitrogens with zero attached hydrogens (tertiary/aromatic N) is 2. The van der Waals surface area contributed by atoms with Crippen LogP contribution in [-0.4, -0.2) is 73.8 Å². The molecular formula is C14H27N3O4. The summed E-state index contributed by atoms with van der Waals surface area (Å²) >= 11 is 0. The van der Waals surface area contributed by atoms with E-state index in [2.05, 4.69) is 10.2 Å². The fourth-order valence-electron chi connectivity index (χ4n) is 2.19. The van der Waals surface area contributed by atoms with E-state index < -0.39 is 5.97 Å². The van der Waals surface area contributed by atoms with Crippen molar-refractivity contribution in [2.75, 3.05) is 46.9 Å². The van der Waals surface area contributed by atoms with Crippen molar-refractivity contribution in [1.82, 2.24) is 15.3 Å². The number of carboxylic acid groups (broad SMARTS) is 1. The minimum absolute atomic E-state index is 0.00292. The number of carbonyl (C=O) groups is 2. The zero-order valence-electron chi connectivity index (χ0n) is 13.0. The van der Waals surface area contributed by atoms with Crippen LogP contribution in [0, 0.1) is 5.92 Å². The number of aliphatic carboxylic acids is 1. The molecular weight excluding hydrogens is 274 g/mol. The summed E-state index contributed by atoms with van der Waals surface area (Å²) in [5.41, 5.74) is 0. The predicted molar refractivity (Wildman–Crippen MR) is 78.7 cm³/mol. The molecule has 7 nitrogen and oxygen atoms in total. The molecule has 0 spiro atoms. The molecule has 1 aliphatic rings. The van der Waals surface area contributed by atoms with E-state index >= 15 is 0 Å². The predicted octanol–water partition coefficient (Wildman–Crippen LogP) is 0.173. The van der Waals surface area contributed by atoms with Gasteiger partial charge in [-0.3, -0.25) is 14.4 Å². The van der Waals surface area contributed by atoms with Crippen molar-refractivity contribution >= 4 is 11.9 Å². The Kier molecular flexibility index (Phi) is 8.26. The molecule has 0 atom stereocenters. The van der Waals surface area contributed by atoms with Crippen LogP contribution in [0.15, 0.2) is 0 Å². The lowest BCUT2D eigenvalue weighted by Gasteiger charge is -2.30. The highest BCUT2D eigenvalue weighted by atomic mass is 16.7. The average molecular weight is 301 g/mol. The summed E-state index contributed by atoms with van der Waals surface area (Å²) < 4.78 is 0. The van der Waals surface area contributed by atoms with Gasteiger partial charge in [0.05, 0.1) is 20.2 Å². The van der Waals surface area contributed by atoms with Crippen LogP contribution < -0.4 is 5.32 Å². The highest BCUT2D eigenvalue weighted by Gasteiger charge is 2.29. The lowest BCUT2D eigenvalue weighted by atomic mass is 9.85. The van der Waals surface area contributed by atoms with Crippen molar-refractivity contribution < 1.29 is 19.5 Å². The van der Waals surface area contributed by atoms with Gasteiger partial charge in [-0.2, -0.15) is 0 Å². The van der Waals surface area contributed by atoms with Crippen LogP contribution in [0.1, 0.15) is 25.7 Å². The van der Waals surface area contributed by atoms with E-state index in [-0.39, 0.29) is 18.4 Å². The number of hydroxylamine groups is 2.